The highest BCUT2D eigenvalue weighted by molar-refractivity contribution is 5.98. The van der Waals surface area contributed by atoms with Crippen molar-refractivity contribution in [3.05, 3.63) is 35.9 Å². The number of amides is 3. The predicted octanol–water partition coefficient (Wildman–Crippen LogP) is 0.196. The molecule has 162 valence electrons. The standard InChI is InChI=1S/C22H29N3O5/c1-23-19(27)16-15-9-10-22(30-15)17(16)21(29)25(11-5-6-12-26)18(22)20(28)24-13-14-7-3-2-4-8-14/h2-4,7-8,15-18,26H,5-6,9-13H2,1H3,(H,23,27)(H,24,28)/t15-,16+,17+,18?,22?/m1/s1. The molecule has 0 radical (unpaired) electrons. The van der Waals surface area contributed by atoms with Crippen molar-refractivity contribution in [2.24, 2.45) is 11.8 Å². The van der Waals surface area contributed by atoms with Gasteiger partial charge in [0.1, 0.15) is 11.6 Å². The van der Waals surface area contributed by atoms with Gasteiger partial charge in [-0.3, -0.25) is 14.4 Å². The van der Waals surface area contributed by atoms with Crippen molar-refractivity contribution in [1.82, 2.24) is 15.5 Å². The topological polar surface area (TPSA) is 108 Å². The number of hydrogen-bond acceptors (Lipinski definition) is 5. The lowest BCUT2D eigenvalue weighted by atomic mass is 9.70. The van der Waals surface area contributed by atoms with Gasteiger partial charge in [0.05, 0.1) is 17.9 Å². The van der Waals surface area contributed by atoms with Crippen LogP contribution in [0.5, 0.6) is 0 Å². The predicted molar refractivity (Wildman–Crippen MR) is 108 cm³/mol. The summed E-state index contributed by atoms with van der Waals surface area (Å²) in [5, 5.41) is 14.8. The quantitative estimate of drug-likeness (QED) is 0.526. The number of likely N-dealkylation sites (tertiary alicyclic amines) is 1. The zero-order valence-electron chi connectivity index (χ0n) is 17.2. The minimum atomic E-state index is -0.959. The third kappa shape index (κ3) is 3.28. The van der Waals surface area contributed by atoms with Crippen LogP contribution in [0.1, 0.15) is 31.2 Å². The average molecular weight is 415 g/mol. The highest BCUT2D eigenvalue weighted by Gasteiger charge is 2.74. The highest BCUT2D eigenvalue weighted by Crippen LogP contribution is 2.58. The van der Waals surface area contributed by atoms with E-state index in [1.165, 1.54) is 0 Å². The maximum Gasteiger partial charge on any atom is 0.246 e. The van der Waals surface area contributed by atoms with E-state index >= 15 is 0 Å². The highest BCUT2D eigenvalue weighted by atomic mass is 16.5. The smallest absolute Gasteiger partial charge is 0.246 e. The van der Waals surface area contributed by atoms with E-state index in [-0.39, 0.29) is 30.4 Å². The molecule has 3 aliphatic rings. The largest absolute Gasteiger partial charge is 0.396 e. The number of unbranched alkanes of at least 4 members (excludes halogenated alkanes) is 1. The van der Waals surface area contributed by atoms with Crippen LogP contribution in [0.25, 0.3) is 0 Å². The number of benzene rings is 1. The van der Waals surface area contributed by atoms with Gasteiger partial charge >= 0.3 is 0 Å². The zero-order chi connectivity index (χ0) is 21.3. The fraction of sp³-hybridized carbons (Fsp3) is 0.591. The Kier molecular flexibility index (Phi) is 5.79. The second-order valence-corrected chi connectivity index (χ2v) is 8.34. The fourth-order valence-electron chi connectivity index (χ4n) is 5.44. The number of aliphatic hydroxyl groups excluding tert-OH is 1. The van der Waals surface area contributed by atoms with Gasteiger partial charge in [0.2, 0.25) is 17.7 Å². The molecule has 3 fully saturated rings. The van der Waals surface area contributed by atoms with E-state index < -0.39 is 23.5 Å². The first-order valence-corrected chi connectivity index (χ1v) is 10.7. The van der Waals surface area contributed by atoms with Crippen molar-refractivity contribution in [2.75, 3.05) is 20.2 Å². The Morgan fingerprint density at radius 2 is 2.00 bits per heavy atom. The summed E-state index contributed by atoms with van der Waals surface area (Å²) in [7, 11) is 1.56. The average Bonchev–Trinajstić information content (AvgIpc) is 3.40. The number of nitrogens with zero attached hydrogens (tertiary/aromatic N) is 1. The number of nitrogens with one attached hydrogen (secondary N) is 2. The second-order valence-electron chi connectivity index (χ2n) is 8.34. The molecule has 1 spiro atoms. The van der Waals surface area contributed by atoms with Gasteiger partial charge in [-0.15, -0.1) is 0 Å². The minimum Gasteiger partial charge on any atom is -0.396 e. The molecule has 0 saturated carbocycles. The summed E-state index contributed by atoms with van der Waals surface area (Å²) in [6.45, 7) is 0.744. The molecular weight excluding hydrogens is 386 g/mol. The number of ether oxygens (including phenoxy) is 1. The van der Waals surface area contributed by atoms with Crippen LogP contribution < -0.4 is 10.6 Å². The number of rotatable bonds is 8. The van der Waals surface area contributed by atoms with Crippen LogP contribution in [0.4, 0.5) is 0 Å². The van der Waals surface area contributed by atoms with E-state index in [0.717, 1.165) is 5.56 Å². The van der Waals surface area contributed by atoms with Crippen molar-refractivity contribution in [2.45, 2.75) is 50.0 Å². The Labute approximate surface area is 176 Å². The molecule has 8 heteroatoms. The van der Waals surface area contributed by atoms with Gasteiger partial charge in [0.25, 0.3) is 0 Å². The van der Waals surface area contributed by atoms with E-state index in [2.05, 4.69) is 10.6 Å². The lowest BCUT2D eigenvalue weighted by molar-refractivity contribution is -0.142. The van der Waals surface area contributed by atoms with Crippen LogP contribution in [0.2, 0.25) is 0 Å². The second kappa shape index (κ2) is 8.35. The summed E-state index contributed by atoms with van der Waals surface area (Å²) in [5.41, 5.74) is 0.00904. The number of aliphatic hydroxyl groups is 1. The van der Waals surface area contributed by atoms with E-state index in [0.29, 0.717) is 38.8 Å². The zero-order valence-corrected chi connectivity index (χ0v) is 17.2. The van der Waals surface area contributed by atoms with Crippen molar-refractivity contribution >= 4 is 17.7 Å². The molecule has 5 atom stereocenters. The van der Waals surface area contributed by atoms with Gasteiger partial charge in [0.15, 0.2) is 0 Å². The SMILES string of the molecule is CNC(=O)[C@@H]1[C@H]2C(=O)N(CCCCO)C(C(=O)NCc3ccccc3)C23CC[C@H]1O3. The third-order valence-corrected chi connectivity index (χ3v) is 6.71. The van der Waals surface area contributed by atoms with E-state index in [4.69, 9.17) is 9.84 Å². The number of carbonyl (C=O) groups excluding carboxylic acids is 3. The minimum absolute atomic E-state index is 0.0287. The first-order valence-electron chi connectivity index (χ1n) is 10.7. The summed E-state index contributed by atoms with van der Waals surface area (Å²) in [4.78, 5) is 40.9. The molecule has 0 aromatic heterocycles. The van der Waals surface area contributed by atoms with E-state index in [9.17, 15) is 14.4 Å². The summed E-state index contributed by atoms with van der Waals surface area (Å²) in [5.74, 6) is -1.86. The van der Waals surface area contributed by atoms with Crippen LogP contribution in [0.15, 0.2) is 30.3 Å². The van der Waals surface area contributed by atoms with E-state index in [1.54, 1.807) is 11.9 Å². The van der Waals surface area contributed by atoms with Gasteiger partial charge in [-0.25, -0.2) is 0 Å². The monoisotopic (exact) mass is 415 g/mol. The lowest BCUT2D eigenvalue weighted by Gasteiger charge is -2.33. The normalized spacial score (nSPS) is 31.7. The molecule has 1 aromatic rings. The van der Waals surface area contributed by atoms with Gasteiger partial charge < -0.3 is 25.4 Å². The Hall–Kier alpha value is -2.45. The third-order valence-electron chi connectivity index (χ3n) is 6.71. The first kappa shape index (κ1) is 20.8. The molecular formula is C22H29N3O5. The summed E-state index contributed by atoms with van der Waals surface area (Å²) < 4.78 is 6.28. The van der Waals surface area contributed by atoms with Crippen molar-refractivity contribution in [1.29, 1.82) is 0 Å². The van der Waals surface area contributed by atoms with Gasteiger partial charge in [-0.1, -0.05) is 30.3 Å². The Morgan fingerprint density at radius 3 is 2.70 bits per heavy atom. The number of hydrogen-bond donors (Lipinski definition) is 3. The summed E-state index contributed by atoms with van der Waals surface area (Å²) >= 11 is 0. The van der Waals surface area contributed by atoms with E-state index in [1.807, 2.05) is 30.3 Å². The molecule has 3 heterocycles. The molecule has 2 bridgehead atoms. The molecule has 30 heavy (non-hydrogen) atoms. The van der Waals surface area contributed by atoms with Crippen LogP contribution >= 0.6 is 0 Å². The molecule has 3 N–H and O–H groups in total. The molecule has 4 rings (SSSR count). The summed E-state index contributed by atoms with van der Waals surface area (Å²) in [6.07, 6.45) is 2.04. The molecule has 8 nitrogen and oxygen atoms in total. The van der Waals surface area contributed by atoms with Gasteiger partial charge in [0, 0.05) is 26.7 Å². The Morgan fingerprint density at radius 1 is 1.23 bits per heavy atom. The maximum absolute atomic E-state index is 13.4. The van der Waals surface area contributed by atoms with Crippen molar-refractivity contribution < 1.29 is 24.2 Å². The fourth-order valence-corrected chi connectivity index (χ4v) is 5.44. The van der Waals surface area contributed by atoms with Gasteiger partial charge in [-0.2, -0.15) is 0 Å². The van der Waals surface area contributed by atoms with Crippen LogP contribution in [0, 0.1) is 11.8 Å². The summed E-state index contributed by atoms with van der Waals surface area (Å²) in [6, 6.07) is 8.83. The number of carbonyl (C=O) groups is 3. The lowest BCUT2D eigenvalue weighted by Crippen LogP contribution is -2.55. The molecule has 2 unspecified atom stereocenters. The number of fused-ring (bicyclic) bond motifs is 1. The van der Waals surface area contributed by atoms with Crippen LogP contribution in [0.3, 0.4) is 0 Å². The van der Waals surface area contributed by atoms with Crippen molar-refractivity contribution in [3.8, 4) is 0 Å². The molecule has 3 aliphatic heterocycles. The molecule has 0 aliphatic carbocycles. The molecule has 3 amide bonds. The Bertz CT molecular complexity index is 816. The van der Waals surface area contributed by atoms with Crippen LogP contribution in [-0.4, -0.2) is 65.7 Å². The molecule has 1 aromatic carbocycles. The Balaban J connectivity index is 1.60. The molecule has 3 saturated heterocycles. The van der Waals surface area contributed by atoms with Gasteiger partial charge in [-0.05, 0) is 31.2 Å². The van der Waals surface area contributed by atoms with Crippen LogP contribution in [-0.2, 0) is 25.7 Å². The maximum atomic E-state index is 13.4. The first-order chi connectivity index (χ1) is 14.5. The van der Waals surface area contributed by atoms with Crippen molar-refractivity contribution in [3.63, 3.8) is 0 Å².